The van der Waals surface area contributed by atoms with Gasteiger partial charge in [-0.2, -0.15) is 0 Å². The van der Waals surface area contributed by atoms with Crippen LogP contribution in [0.1, 0.15) is 38.2 Å². The van der Waals surface area contributed by atoms with Crippen molar-refractivity contribution in [3.05, 3.63) is 40.1 Å². The number of non-ortho nitro benzene ring substituents is 1. The highest BCUT2D eigenvalue weighted by molar-refractivity contribution is 5.85. The van der Waals surface area contributed by atoms with Gasteiger partial charge in [-0.05, 0) is 30.4 Å². The maximum atomic E-state index is 10.8. The summed E-state index contributed by atoms with van der Waals surface area (Å²) in [4.78, 5) is 13.6. The van der Waals surface area contributed by atoms with E-state index in [0.717, 1.165) is 23.7 Å². The van der Waals surface area contributed by atoms with Crippen molar-refractivity contribution >= 4 is 16.6 Å². The van der Waals surface area contributed by atoms with E-state index in [2.05, 4.69) is 18.8 Å². The summed E-state index contributed by atoms with van der Waals surface area (Å²) in [7, 11) is 0. The Morgan fingerprint density at radius 2 is 2.06 bits per heavy atom. The molecule has 4 heteroatoms. The minimum atomic E-state index is -0.344. The number of nitrogens with one attached hydrogen (secondary N) is 1. The lowest BCUT2D eigenvalue weighted by atomic mass is 9.93. The molecule has 1 N–H and O–H groups in total. The Hall–Kier alpha value is -1.84. The Labute approximate surface area is 99.8 Å². The average molecular weight is 232 g/mol. The van der Waals surface area contributed by atoms with E-state index in [4.69, 9.17) is 0 Å². The fraction of sp³-hybridized carbons (Fsp3) is 0.385. The molecule has 1 heterocycles. The molecule has 1 aromatic carbocycles. The van der Waals surface area contributed by atoms with Crippen LogP contribution in [0, 0.1) is 10.1 Å². The summed E-state index contributed by atoms with van der Waals surface area (Å²) in [5, 5.41) is 11.8. The number of benzene rings is 1. The van der Waals surface area contributed by atoms with Crippen LogP contribution in [0.15, 0.2) is 24.4 Å². The van der Waals surface area contributed by atoms with Crippen LogP contribution >= 0.6 is 0 Å². The number of H-pyrrole nitrogens is 1. The second kappa shape index (κ2) is 4.57. The Morgan fingerprint density at radius 3 is 2.65 bits per heavy atom. The molecular weight excluding hydrogens is 216 g/mol. The van der Waals surface area contributed by atoms with Crippen LogP contribution in [0.5, 0.6) is 0 Å². The monoisotopic (exact) mass is 232 g/mol. The van der Waals surface area contributed by atoms with Gasteiger partial charge in [0.25, 0.3) is 5.69 Å². The van der Waals surface area contributed by atoms with Gasteiger partial charge in [0.2, 0.25) is 0 Å². The third kappa shape index (κ3) is 2.02. The quantitative estimate of drug-likeness (QED) is 0.640. The lowest BCUT2D eigenvalue weighted by Gasteiger charge is -2.10. The molecule has 0 bridgehead atoms. The number of nitro benzene ring substituents is 1. The predicted octanol–water partition coefficient (Wildman–Crippen LogP) is 3.98. The van der Waals surface area contributed by atoms with Crippen molar-refractivity contribution in [1.82, 2.24) is 4.98 Å². The summed E-state index contributed by atoms with van der Waals surface area (Å²) in [6, 6.07) is 4.98. The molecule has 1 aromatic heterocycles. The van der Waals surface area contributed by atoms with E-state index in [1.165, 1.54) is 11.6 Å². The molecular formula is C13H16N2O2. The molecule has 0 atom stereocenters. The molecule has 4 nitrogen and oxygen atoms in total. The van der Waals surface area contributed by atoms with E-state index < -0.39 is 0 Å². The highest BCUT2D eigenvalue weighted by Crippen LogP contribution is 2.31. The van der Waals surface area contributed by atoms with Crippen molar-refractivity contribution in [2.24, 2.45) is 0 Å². The fourth-order valence-electron chi connectivity index (χ4n) is 2.31. The van der Waals surface area contributed by atoms with Crippen molar-refractivity contribution in [3.8, 4) is 0 Å². The van der Waals surface area contributed by atoms with Gasteiger partial charge in [-0.25, -0.2) is 0 Å². The SMILES string of the molecule is CCC(CC)c1c[nH]c2ccc([N+](=O)[O-])cc12. The van der Waals surface area contributed by atoms with E-state index in [-0.39, 0.29) is 10.6 Å². The van der Waals surface area contributed by atoms with Gasteiger partial charge in [0, 0.05) is 29.2 Å². The van der Waals surface area contributed by atoms with Crippen LogP contribution in [0.3, 0.4) is 0 Å². The molecule has 0 radical (unpaired) electrons. The van der Waals surface area contributed by atoms with Crippen molar-refractivity contribution in [1.29, 1.82) is 0 Å². The molecule has 0 spiro atoms. The van der Waals surface area contributed by atoms with Crippen molar-refractivity contribution in [2.75, 3.05) is 0 Å². The van der Waals surface area contributed by atoms with Gasteiger partial charge in [0.1, 0.15) is 0 Å². The zero-order valence-corrected chi connectivity index (χ0v) is 10.1. The van der Waals surface area contributed by atoms with Crippen LogP contribution in [0.25, 0.3) is 10.9 Å². The summed E-state index contributed by atoms with van der Waals surface area (Å²) in [6.45, 7) is 4.29. The van der Waals surface area contributed by atoms with E-state index in [9.17, 15) is 10.1 Å². The Kier molecular flexibility index (Phi) is 3.13. The van der Waals surface area contributed by atoms with Gasteiger partial charge in [0.15, 0.2) is 0 Å². The maximum Gasteiger partial charge on any atom is 0.270 e. The zero-order chi connectivity index (χ0) is 12.4. The number of fused-ring (bicyclic) bond motifs is 1. The summed E-state index contributed by atoms with van der Waals surface area (Å²) < 4.78 is 0. The Morgan fingerprint density at radius 1 is 1.35 bits per heavy atom. The first-order valence-electron chi connectivity index (χ1n) is 5.92. The third-order valence-corrected chi connectivity index (χ3v) is 3.33. The lowest BCUT2D eigenvalue weighted by Crippen LogP contribution is -1.94. The van der Waals surface area contributed by atoms with Gasteiger partial charge >= 0.3 is 0 Å². The molecule has 0 saturated heterocycles. The van der Waals surface area contributed by atoms with E-state index in [0.29, 0.717) is 5.92 Å². The van der Waals surface area contributed by atoms with E-state index in [1.54, 1.807) is 12.1 Å². The molecule has 0 unspecified atom stereocenters. The van der Waals surface area contributed by atoms with Crippen LogP contribution in [-0.2, 0) is 0 Å². The average Bonchev–Trinajstić information content (AvgIpc) is 2.74. The molecule has 17 heavy (non-hydrogen) atoms. The summed E-state index contributed by atoms with van der Waals surface area (Å²) in [6.07, 6.45) is 4.07. The molecule has 0 aliphatic heterocycles. The third-order valence-electron chi connectivity index (χ3n) is 3.33. The first-order valence-corrected chi connectivity index (χ1v) is 5.92. The fourth-order valence-corrected chi connectivity index (χ4v) is 2.31. The van der Waals surface area contributed by atoms with Crippen LogP contribution in [0.2, 0.25) is 0 Å². The van der Waals surface area contributed by atoms with Crippen LogP contribution in [0.4, 0.5) is 5.69 Å². The summed E-state index contributed by atoms with van der Waals surface area (Å²) >= 11 is 0. The minimum absolute atomic E-state index is 0.157. The number of nitro groups is 1. The molecule has 90 valence electrons. The van der Waals surface area contributed by atoms with Gasteiger partial charge in [-0.3, -0.25) is 10.1 Å². The number of hydrogen-bond acceptors (Lipinski definition) is 2. The second-order valence-electron chi connectivity index (χ2n) is 4.24. The molecule has 0 aliphatic carbocycles. The second-order valence-corrected chi connectivity index (χ2v) is 4.24. The first-order chi connectivity index (χ1) is 8.17. The number of aromatic amines is 1. The minimum Gasteiger partial charge on any atom is -0.361 e. The van der Waals surface area contributed by atoms with Crippen molar-refractivity contribution < 1.29 is 4.92 Å². The largest absolute Gasteiger partial charge is 0.361 e. The normalized spacial score (nSPS) is 11.2. The molecule has 0 amide bonds. The van der Waals surface area contributed by atoms with Crippen molar-refractivity contribution in [3.63, 3.8) is 0 Å². The summed E-state index contributed by atoms with van der Waals surface area (Å²) in [5.41, 5.74) is 2.32. The number of nitrogens with zero attached hydrogens (tertiary/aromatic N) is 1. The van der Waals surface area contributed by atoms with Crippen molar-refractivity contribution in [2.45, 2.75) is 32.6 Å². The van der Waals surface area contributed by atoms with E-state index >= 15 is 0 Å². The lowest BCUT2D eigenvalue weighted by molar-refractivity contribution is -0.384. The Balaban J connectivity index is 2.57. The van der Waals surface area contributed by atoms with Gasteiger partial charge in [0.05, 0.1) is 4.92 Å². The molecule has 2 aromatic rings. The highest BCUT2D eigenvalue weighted by atomic mass is 16.6. The van der Waals surface area contributed by atoms with Crippen LogP contribution < -0.4 is 0 Å². The topological polar surface area (TPSA) is 58.9 Å². The first kappa shape index (κ1) is 11.6. The van der Waals surface area contributed by atoms with E-state index in [1.807, 2.05) is 6.20 Å². The molecule has 0 fully saturated rings. The van der Waals surface area contributed by atoms with Gasteiger partial charge in [-0.15, -0.1) is 0 Å². The number of hydrogen-bond donors (Lipinski definition) is 1. The van der Waals surface area contributed by atoms with Gasteiger partial charge < -0.3 is 4.98 Å². The number of aromatic nitrogens is 1. The van der Waals surface area contributed by atoms with Gasteiger partial charge in [-0.1, -0.05) is 13.8 Å². The zero-order valence-electron chi connectivity index (χ0n) is 10.1. The number of rotatable bonds is 4. The maximum absolute atomic E-state index is 10.8. The molecule has 0 aliphatic rings. The standard InChI is InChI=1S/C13H16N2O2/c1-3-9(4-2)12-8-14-13-6-5-10(15(16)17)7-11(12)13/h5-9,14H,3-4H2,1-2H3. The predicted molar refractivity (Wildman–Crippen MR) is 68.3 cm³/mol. The van der Waals surface area contributed by atoms with Crippen LogP contribution in [-0.4, -0.2) is 9.91 Å². The Bertz CT molecular complexity index is 541. The molecule has 2 rings (SSSR count). The summed E-state index contributed by atoms with van der Waals surface area (Å²) in [5.74, 6) is 0.464. The highest BCUT2D eigenvalue weighted by Gasteiger charge is 2.15. The smallest absolute Gasteiger partial charge is 0.270 e. The molecule has 0 saturated carbocycles.